The third-order valence-electron chi connectivity index (χ3n) is 2.56. The largest absolute Gasteiger partial charge is 0.316 e. The minimum atomic E-state index is -0.300. The van der Waals surface area contributed by atoms with Crippen LogP contribution in [-0.2, 0) is 0 Å². The van der Waals surface area contributed by atoms with Gasteiger partial charge in [-0.1, -0.05) is 0 Å². The fourth-order valence-corrected chi connectivity index (χ4v) is 1.73. The van der Waals surface area contributed by atoms with Crippen molar-refractivity contribution in [3.63, 3.8) is 0 Å². The van der Waals surface area contributed by atoms with Crippen molar-refractivity contribution in [2.75, 3.05) is 13.1 Å². The molecule has 0 aromatic heterocycles. The maximum atomic E-state index is 12.6. The molecule has 0 saturated carbocycles. The first-order valence-corrected chi connectivity index (χ1v) is 4.78. The minimum absolute atomic E-state index is 0.0699. The van der Waals surface area contributed by atoms with Gasteiger partial charge in [-0.3, -0.25) is 4.79 Å². The average molecular weight is 193 g/mol. The number of carbonyl (C=O) groups excluding carboxylic acids is 1. The van der Waals surface area contributed by atoms with Crippen LogP contribution in [0, 0.1) is 11.7 Å². The van der Waals surface area contributed by atoms with E-state index in [1.807, 2.05) is 0 Å². The molecule has 1 atom stereocenters. The third-order valence-corrected chi connectivity index (χ3v) is 2.56. The lowest BCUT2D eigenvalue weighted by atomic mass is 9.97. The number of carbonyl (C=O) groups is 1. The quantitative estimate of drug-likeness (QED) is 0.723. The first-order chi connectivity index (χ1) is 6.77. The highest BCUT2D eigenvalue weighted by Gasteiger charge is 2.23. The van der Waals surface area contributed by atoms with Gasteiger partial charge >= 0.3 is 0 Å². The summed E-state index contributed by atoms with van der Waals surface area (Å²) in [5.41, 5.74) is 0.611. The fourth-order valence-electron chi connectivity index (χ4n) is 1.73. The number of halogens is 1. The van der Waals surface area contributed by atoms with Crippen molar-refractivity contribution in [3.05, 3.63) is 35.6 Å². The summed E-state index contributed by atoms with van der Waals surface area (Å²) >= 11 is 0. The van der Waals surface area contributed by atoms with Crippen molar-refractivity contribution >= 4 is 5.78 Å². The highest BCUT2D eigenvalue weighted by Crippen LogP contribution is 2.15. The van der Waals surface area contributed by atoms with Crippen LogP contribution in [0.4, 0.5) is 4.39 Å². The molecular weight excluding hydrogens is 181 g/mol. The Kier molecular flexibility index (Phi) is 2.59. The molecule has 2 rings (SSSR count). The summed E-state index contributed by atoms with van der Waals surface area (Å²) in [6.45, 7) is 1.65. The minimum Gasteiger partial charge on any atom is -0.316 e. The smallest absolute Gasteiger partial charge is 0.167 e. The van der Waals surface area contributed by atoms with E-state index in [1.165, 1.54) is 12.1 Å². The van der Waals surface area contributed by atoms with E-state index in [-0.39, 0.29) is 17.5 Å². The molecule has 14 heavy (non-hydrogen) atoms. The molecule has 1 fully saturated rings. The molecule has 1 unspecified atom stereocenters. The van der Waals surface area contributed by atoms with Gasteiger partial charge in [-0.2, -0.15) is 0 Å². The first-order valence-electron chi connectivity index (χ1n) is 4.78. The number of hydrogen-bond acceptors (Lipinski definition) is 2. The second kappa shape index (κ2) is 3.88. The van der Waals surface area contributed by atoms with Crippen molar-refractivity contribution in [2.45, 2.75) is 6.42 Å². The van der Waals surface area contributed by atoms with Gasteiger partial charge in [0, 0.05) is 18.0 Å². The van der Waals surface area contributed by atoms with Crippen LogP contribution in [0.3, 0.4) is 0 Å². The lowest BCUT2D eigenvalue weighted by Crippen LogP contribution is -2.17. The molecule has 74 valence electrons. The number of nitrogens with one attached hydrogen (secondary N) is 1. The molecule has 1 aliphatic rings. The van der Waals surface area contributed by atoms with Crippen LogP contribution in [0.15, 0.2) is 24.3 Å². The van der Waals surface area contributed by atoms with Gasteiger partial charge in [0.1, 0.15) is 5.82 Å². The normalized spacial score (nSPS) is 21.1. The van der Waals surface area contributed by atoms with E-state index in [2.05, 4.69) is 5.32 Å². The summed E-state index contributed by atoms with van der Waals surface area (Å²) in [7, 11) is 0. The van der Waals surface area contributed by atoms with Crippen LogP contribution < -0.4 is 5.32 Å². The second-order valence-corrected chi connectivity index (χ2v) is 3.56. The monoisotopic (exact) mass is 193 g/mol. The molecule has 1 saturated heterocycles. The number of Topliss-reactive ketones (excluding diaryl/α,β-unsaturated/α-hetero) is 1. The maximum Gasteiger partial charge on any atom is 0.167 e. The summed E-state index contributed by atoms with van der Waals surface area (Å²) in [4.78, 5) is 11.8. The van der Waals surface area contributed by atoms with Crippen LogP contribution in [0.1, 0.15) is 16.8 Å². The second-order valence-electron chi connectivity index (χ2n) is 3.56. The number of ketones is 1. The molecule has 0 amide bonds. The van der Waals surface area contributed by atoms with Gasteiger partial charge in [0.25, 0.3) is 0 Å². The van der Waals surface area contributed by atoms with Gasteiger partial charge in [0.2, 0.25) is 0 Å². The standard InChI is InChI=1S/C11H12FNO/c12-10-3-1-8(2-4-10)11(14)9-5-6-13-7-9/h1-4,9,13H,5-7H2. The van der Waals surface area contributed by atoms with Crippen LogP contribution in [-0.4, -0.2) is 18.9 Å². The van der Waals surface area contributed by atoms with E-state index in [1.54, 1.807) is 12.1 Å². The highest BCUT2D eigenvalue weighted by atomic mass is 19.1. The summed E-state index contributed by atoms with van der Waals surface area (Å²) in [6, 6.07) is 5.76. The molecular formula is C11H12FNO. The Morgan fingerprint density at radius 3 is 2.64 bits per heavy atom. The van der Waals surface area contributed by atoms with Crippen LogP contribution >= 0.6 is 0 Å². The van der Waals surface area contributed by atoms with Gasteiger partial charge in [0.15, 0.2) is 5.78 Å². The molecule has 1 aromatic carbocycles. The maximum absolute atomic E-state index is 12.6. The summed E-state index contributed by atoms with van der Waals surface area (Å²) in [5.74, 6) is -0.110. The van der Waals surface area contributed by atoms with E-state index < -0.39 is 0 Å². The number of benzene rings is 1. The topological polar surface area (TPSA) is 29.1 Å². The molecule has 0 bridgehead atoms. The van der Waals surface area contributed by atoms with Gasteiger partial charge in [-0.15, -0.1) is 0 Å². The van der Waals surface area contributed by atoms with E-state index in [0.29, 0.717) is 5.56 Å². The number of hydrogen-bond donors (Lipinski definition) is 1. The SMILES string of the molecule is O=C(c1ccc(F)cc1)C1CCNC1. The van der Waals surface area contributed by atoms with Gasteiger partial charge in [0.05, 0.1) is 0 Å². The molecule has 0 radical (unpaired) electrons. The van der Waals surface area contributed by atoms with Crippen molar-refractivity contribution < 1.29 is 9.18 Å². The summed E-state index contributed by atoms with van der Waals surface area (Å²) in [6.07, 6.45) is 0.885. The molecule has 0 spiro atoms. The lowest BCUT2D eigenvalue weighted by molar-refractivity contribution is 0.0930. The molecule has 1 aromatic rings. The zero-order chi connectivity index (χ0) is 9.97. The first kappa shape index (κ1) is 9.34. The van der Waals surface area contributed by atoms with Crippen molar-refractivity contribution in [3.8, 4) is 0 Å². The highest BCUT2D eigenvalue weighted by molar-refractivity contribution is 5.98. The number of rotatable bonds is 2. The summed E-state index contributed by atoms with van der Waals surface area (Å²) in [5, 5.41) is 3.14. The lowest BCUT2D eigenvalue weighted by Gasteiger charge is -2.06. The molecule has 0 aliphatic carbocycles. The molecule has 1 heterocycles. The van der Waals surface area contributed by atoms with E-state index >= 15 is 0 Å². The Morgan fingerprint density at radius 2 is 2.07 bits per heavy atom. The Balaban J connectivity index is 2.14. The van der Waals surface area contributed by atoms with Crippen molar-refractivity contribution in [1.82, 2.24) is 5.32 Å². The van der Waals surface area contributed by atoms with Crippen molar-refractivity contribution in [2.24, 2.45) is 5.92 Å². The van der Waals surface area contributed by atoms with Crippen LogP contribution in [0.2, 0.25) is 0 Å². The van der Waals surface area contributed by atoms with Gasteiger partial charge < -0.3 is 5.32 Å². The predicted octanol–water partition coefficient (Wildman–Crippen LogP) is 1.62. The summed E-state index contributed by atoms with van der Waals surface area (Å²) < 4.78 is 12.6. The van der Waals surface area contributed by atoms with Crippen LogP contribution in [0.5, 0.6) is 0 Å². The molecule has 1 N–H and O–H groups in total. The van der Waals surface area contributed by atoms with E-state index in [9.17, 15) is 9.18 Å². The zero-order valence-corrected chi connectivity index (χ0v) is 7.79. The van der Waals surface area contributed by atoms with Crippen molar-refractivity contribution in [1.29, 1.82) is 0 Å². The molecule has 3 heteroatoms. The van der Waals surface area contributed by atoms with E-state index in [4.69, 9.17) is 0 Å². The Morgan fingerprint density at radius 1 is 1.36 bits per heavy atom. The average Bonchev–Trinajstić information content (AvgIpc) is 2.71. The van der Waals surface area contributed by atoms with Gasteiger partial charge in [-0.05, 0) is 37.2 Å². The third kappa shape index (κ3) is 1.82. The van der Waals surface area contributed by atoms with Crippen LogP contribution in [0.25, 0.3) is 0 Å². The molecule has 1 aliphatic heterocycles. The molecule has 2 nitrogen and oxygen atoms in total. The Hall–Kier alpha value is -1.22. The Bertz CT molecular complexity index is 328. The fraction of sp³-hybridized carbons (Fsp3) is 0.364. The predicted molar refractivity (Wildman–Crippen MR) is 51.7 cm³/mol. The van der Waals surface area contributed by atoms with E-state index in [0.717, 1.165) is 19.5 Å². The zero-order valence-electron chi connectivity index (χ0n) is 7.79. The Labute approximate surface area is 82.1 Å². The van der Waals surface area contributed by atoms with Gasteiger partial charge in [-0.25, -0.2) is 4.39 Å².